The second-order valence-electron chi connectivity index (χ2n) is 5.27. The van der Waals surface area contributed by atoms with E-state index < -0.39 is 12.0 Å². The first-order valence-electron chi connectivity index (χ1n) is 6.99. The van der Waals surface area contributed by atoms with Crippen LogP contribution in [0.15, 0.2) is 0 Å². The Morgan fingerprint density at radius 2 is 2.16 bits per heavy atom. The minimum atomic E-state index is -0.989. The predicted molar refractivity (Wildman–Crippen MR) is 68.9 cm³/mol. The van der Waals surface area contributed by atoms with E-state index in [1.165, 1.54) is 4.90 Å². The molecule has 0 aliphatic carbocycles. The third-order valence-electron chi connectivity index (χ3n) is 4.03. The number of carbonyl (C=O) groups excluding carboxylic acids is 1. The van der Waals surface area contributed by atoms with Crippen molar-refractivity contribution < 1.29 is 19.4 Å². The molecule has 2 fully saturated rings. The van der Waals surface area contributed by atoms with Crippen molar-refractivity contribution in [3.8, 4) is 0 Å². The summed E-state index contributed by atoms with van der Waals surface area (Å²) in [7, 11) is 0. The Labute approximate surface area is 113 Å². The van der Waals surface area contributed by atoms with Crippen LogP contribution in [0.1, 0.15) is 26.2 Å². The lowest BCUT2D eigenvalue weighted by Crippen LogP contribution is -2.57. The van der Waals surface area contributed by atoms with E-state index in [2.05, 4.69) is 6.92 Å². The minimum absolute atomic E-state index is 0.0894. The van der Waals surface area contributed by atoms with E-state index in [9.17, 15) is 9.59 Å². The molecule has 6 nitrogen and oxygen atoms in total. The lowest BCUT2D eigenvalue weighted by molar-refractivity contribution is -0.147. The molecule has 0 aromatic carbocycles. The number of amides is 2. The van der Waals surface area contributed by atoms with E-state index in [1.807, 2.05) is 0 Å². The summed E-state index contributed by atoms with van der Waals surface area (Å²) in [5.74, 6) is -0.445. The smallest absolute Gasteiger partial charge is 0.328 e. The summed E-state index contributed by atoms with van der Waals surface area (Å²) in [6, 6.07) is -0.989. The van der Waals surface area contributed by atoms with E-state index in [0.717, 1.165) is 32.4 Å². The summed E-state index contributed by atoms with van der Waals surface area (Å²) in [6.45, 7) is 4.49. The molecule has 2 unspecified atom stereocenters. The van der Waals surface area contributed by atoms with Gasteiger partial charge in [-0.3, -0.25) is 0 Å². The number of hydrogen-bond acceptors (Lipinski definition) is 3. The zero-order chi connectivity index (χ0) is 13.8. The molecule has 1 N–H and O–H groups in total. The Bertz CT molecular complexity index is 348. The maximum absolute atomic E-state index is 12.5. The fourth-order valence-electron chi connectivity index (χ4n) is 2.79. The molecule has 6 heteroatoms. The second kappa shape index (κ2) is 6.23. The van der Waals surface area contributed by atoms with Gasteiger partial charge in [-0.05, 0) is 18.8 Å². The lowest BCUT2D eigenvalue weighted by atomic mass is 9.96. The summed E-state index contributed by atoms with van der Waals surface area (Å²) in [5, 5.41) is 9.16. The van der Waals surface area contributed by atoms with Gasteiger partial charge in [-0.15, -0.1) is 0 Å². The van der Waals surface area contributed by atoms with Crippen LogP contribution >= 0.6 is 0 Å². The highest BCUT2D eigenvalue weighted by Crippen LogP contribution is 2.21. The third-order valence-corrected chi connectivity index (χ3v) is 4.03. The third kappa shape index (κ3) is 3.18. The van der Waals surface area contributed by atoms with Crippen molar-refractivity contribution in [2.75, 3.05) is 32.8 Å². The van der Waals surface area contributed by atoms with Crippen LogP contribution in [0.3, 0.4) is 0 Å². The quantitative estimate of drug-likeness (QED) is 0.813. The van der Waals surface area contributed by atoms with E-state index in [4.69, 9.17) is 9.84 Å². The highest BCUT2D eigenvalue weighted by Gasteiger charge is 2.36. The van der Waals surface area contributed by atoms with Crippen LogP contribution < -0.4 is 0 Å². The van der Waals surface area contributed by atoms with Gasteiger partial charge in [-0.2, -0.15) is 0 Å². The zero-order valence-electron chi connectivity index (χ0n) is 11.4. The molecule has 0 aromatic heterocycles. The monoisotopic (exact) mass is 270 g/mol. The molecule has 0 spiro atoms. The lowest BCUT2D eigenvalue weighted by Gasteiger charge is -2.39. The number of carboxylic acids is 1. The number of urea groups is 1. The highest BCUT2D eigenvalue weighted by molar-refractivity contribution is 5.83. The molecule has 0 aromatic rings. The Balaban J connectivity index is 2.02. The number of ether oxygens (including phenoxy) is 1. The maximum atomic E-state index is 12.5. The van der Waals surface area contributed by atoms with Gasteiger partial charge in [0.2, 0.25) is 0 Å². The van der Waals surface area contributed by atoms with Crippen LogP contribution in [-0.4, -0.2) is 65.8 Å². The number of rotatable bonds is 2. The second-order valence-corrected chi connectivity index (χ2v) is 5.27. The van der Waals surface area contributed by atoms with Crippen molar-refractivity contribution in [1.29, 1.82) is 0 Å². The van der Waals surface area contributed by atoms with E-state index in [-0.39, 0.29) is 12.6 Å². The van der Waals surface area contributed by atoms with Crippen molar-refractivity contribution in [3.63, 3.8) is 0 Å². The Hall–Kier alpha value is -1.30. The Kier molecular flexibility index (Phi) is 4.63. The fraction of sp³-hybridized carbons (Fsp3) is 0.846. The molecule has 2 aliphatic heterocycles. The summed E-state index contributed by atoms with van der Waals surface area (Å²) in [6.07, 6.45) is 3.23. The topological polar surface area (TPSA) is 70.1 Å². The summed E-state index contributed by atoms with van der Waals surface area (Å²) < 4.78 is 5.16. The van der Waals surface area contributed by atoms with Gasteiger partial charge in [-0.1, -0.05) is 13.3 Å². The van der Waals surface area contributed by atoms with E-state index >= 15 is 0 Å². The Morgan fingerprint density at radius 3 is 2.84 bits per heavy atom. The number of aliphatic carboxylic acids is 1. The zero-order valence-corrected chi connectivity index (χ0v) is 11.4. The van der Waals surface area contributed by atoms with Gasteiger partial charge >= 0.3 is 12.0 Å². The summed E-state index contributed by atoms with van der Waals surface area (Å²) in [4.78, 5) is 26.9. The standard InChI is InChI=1S/C13H22N2O4/c1-2-10-4-3-5-14(8-10)13(18)15-6-7-19-9-11(15)12(16)17/h10-11H,2-9H2,1H3,(H,16,17). The maximum Gasteiger partial charge on any atom is 0.328 e. The summed E-state index contributed by atoms with van der Waals surface area (Å²) >= 11 is 0. The number of carbonyl (C=O) groups is 2. The van der Waals surface area contributed by atoms with Crippen molar-refractivity contribution in [3.05, 3.63) is 0 Å². The van der Waals surface area contributed by atoms with Crippen LogP contribution in [0, 0.1) is 5.92 Å². The van der Waals surface area contributed by atoms with Crippen molar-refractivity contribution >= 4 is 12.0 Å². The number of morpholine rings is 1. The molecule has 0 bridgehead atoms. The summed E-state index contributed by atoms with van der Waals surface area (Å²) in [5.41, 5.74) is 0. The number of piperidine rings is 1. The van der Waals surface area contributed by atoms with Crippen LogP contribution in [0.2, 0.25) is 0 Å². The molecule has 2 rings (SSSR count). The Morgan fingerprint density at radius 1 is 1.37 bits per heavy atom. The fourth-order valence-corrected chi connectivity index (χ4v) is 2.79. The average Bonchev–Trinajstić information content (AvgIpc) is 2.46. The molecule has 108 valence electrons. The van der Waals surface area contributed by atoms with Crippen molar-refractivity contribution in [2.24, 2.45) is 5.92 Å². The molecule has 2 heterocycles. The van der Waals surface area contributed by atoms with Gasteiger partial charge in [0.15, 0.2) is 6.04 Å². The van der Waals surface area contributed by atoms with Crippen LogP contribution in [0.4, 0.5) is 4.79 Å². The molecule has 2 aliphatic rings. The molecule has 19 heavy (non-hydrogen) atoms. The molecule has 0 saturated carbocycles. The van der Waals surface area contributed by atoms with Gasteiger partial charge in [0, 0.05) is 19.6 Å². The van der Waals surface area contributed by atoms with E-state index in [1.54, 1.807) is 4.90 Å². The van der Waals surface area contributed by atoms with Gasteiger partial charge in [0.1, 0.15) is 0 Å². The first-order chi connectivity index (χ1) is 9.13. The molecule has 2 saturated heterocycles. The van der Waals surface area contributed by atoms with Gasteiger partial charge in [0.25, 0.3) is 0 Å². The molecule has 2 atom stereocenters. The van der Waals surface area contributed by atoms with Crippen LogP contribution in [-0.2, 0) is 9.53 Å². The molecule has 0 radical (unpaired) electrons. The minimum Gasteiger partial charge on any atom is -0.480 e. The SMILES string of the molecule is CCC1CCCN(C(=O)N2CCOCC2C(=O)O)C1. The van der Waals surface area contributed by atoms with Gasteiger partial charge < -0.3 is 19.6 Å². The van der Waals surface area contributed by atoms with Gasteiger partial charge in [-0.25, -0.2) is 9.59 Å². The van der Waals surface area contributed by atoms with Crippen molar-refractivity contribution in [1.82, 2.24) is 9.80 Å². The number of carboxylic acid groups (broad SMARTS) is 1. The first-order valence-corrected chi connectivity index (χ1v) is 6.99. The number of hydrogen-bond donors (Lipinski definition) is 1. The highest BCUT2D eigenvalue weighted by atomic mass is 16.5. The van der Waals surface area contributed by atoms with Crippen LogP contribution in [0.25, 0.3) is 0 Å². The van der Waals surface area contributed by atoms with Crippen molar-refractivity contribution in [2.45, 2.75) is 32.2 Å². The molecular formula is C13H22N2O4. The first kappa shape index (κ1) is 14.1. The van der Waals surface area contributed by atoms with E-state index in [0.29, 0.717) is 19.1 Å². The molecular weight excluding hydrogens is 248 g/mol. The predicted octanol–water partition coefficient (Wildman–Crippen LogP) is 1.01. The number of nitrogens with zero attached hydrogens (tertiary/aromatic N) is 2. The van der Waals surface area contributed by atoms with Crippen LogP contribution in [0.5, 0.6) is 0 Å². The molecule has 2 amide bonds. The largest absolute Gasteiger partial charge is 0.480 e. The van der Waals surface area contributed by atoms with Gasteiger partial charge in [0.05, 0.1) is 13.2 Å². The number of likely N-dealkylation sites (tertiary alicyclic amines) is 1. The normalized spacial score (nSPS) is 28.3. The average molecular weight is 270 g/mol.